The van der Waals surface area contributed by atoms with Crippen LogP contribution in [0.1, 0.15) is 19.3 Å². The Morgan fingerprint density at radius 3 is 2.21 bits per heavy atom. The number of nitrogens with two attached hydrogens (primary N) is 1. The molecule has 0 spiro atoms. The molecular weight excluding hydrogens is 210 g/mol. The Balaban J connectivity index is 0.00000169. The summed E-state index contributed by atoms with van der Waals surface area (Å²) < 4.78 is 0. The van der Waals surface area contributed by atoms with Gasteiger partial charge in [-0.3, -0.25) is 0 Å². The molecular formula is C8H12ClNO4. The van der Waals surface area contributed by atoms with Crippen molar-refractivity contribution in [1.29, 1.82) is 0 Å². The number of rotatable bonds is 2. The molecule has 4 N–H and O–H groups in total. The summed E-state index contributed by atoms with van der Waals surface area (Å²) in [5.74, 6) is -2.39. The maximum absolute atomic E-state index is 10.7. The molecule has 14 heavy (non-hydrogen) atoms. The van der Waals surface area contributed by atoms with Gasteiger partial charge in [0.15, 0.2) is 0 Å². The van der Waals surface area contributed by atoms with E-state index in [9.17, 15) is 9.59 Å². The lowest BCUT2D eigenvalue weighted by atomic mass is 9.88. The van der Waals surface area contributed by atoms with Crippen LogP contribution in [0.4, 0.5) is 0 Å². The second kappa shape index (κ2) is 4.97. The smallest absolute Gasteiger partial charge is 0.333 e. The van der Waals surface area contributed by atoms with Crippen molar-refractivity contribution in [2.75, 3.05) is 0 Å². The highest BCUT2D eigenvalue weighted by Crippen LogP contribution is 2.24. The fourth-order valence-electron chi connectivity index (χ4n) is 1.51. The zero-order valence-electron chi connectivity index (χ0n) is 7.40. The van der Waals surface area contributed by atoms with Gasteiger partial charge in [-0.1, -0.05) is 0 Å². The van der Waals surface area contributed by atoms with Gasteiger partial charge in [0.1, 0.15) is 0 Å². The Kier molecular flexibility index (Phi) is 4.59. The second-order valence-corrected chi connectivity index (χ2v) is 3.00. The summed E-state index contributed by atoms with van der Waals surface area (Å²) in [6.07, 6.45) is 1.47. The first-order chi connectivity index (χ1) is 6.04. The summed E-state index contributed by atoms with van der Waals surface area (Å²) in [4.78, 5) is 21.3. The van der Waals surface area contributed by atoms with E-state index in [0.717, 1.165) is 0 Å². The molecule has 6 heteroatoms. The monoisotopic (exact) mass is 221 g/mol. The Bertz CT molecular complexity index is 287. The third kappa shape index (κ3) is 2.46. The van der Waals surface area contributed by atoms with Crippen molar-refractivity contribution >= 4 is 24.3 Å². The molecule has 1 unspecified atom stereocenters. The Morgan fingerprint density at radius 2 is 1.86 bits per heavy atom. The normalized spacial score (nSPS) is 21.4. The van der Waals surface area contributed by atoms with E-state index in [2.05, 4.69) is 0 Å². The first-order valence-corrected chi connectivity index (χ1v) is 3.99. The summed E-state index contributed by atoms with van der Waals surface area (Å²) in [5, 5.41) is 17.4. The van der Waals surface area contributed by atoms with Crippen LogP contribution in [0, 0.1) is 0 Å². The molecule has 1 atom stereocenters. The fraction of sp³-hybridized carbons (Fsp3) is 0.500. The molecule has 0 saturated carbocycles. The molecule has 0 aromatic heterocycles. The van der Waals surface area contributed by atoms with Gasteiger partial charge in [-0.05, 0) is 19.3 Å². The third-order valence-electron chi connectivity index (χ3n) is 2.13. The van der Waals surface area contributed by atoms with Gasteiger partial charge in [0, 0.05) is 11.6 Å². The van der Waals surface area contributed by atoms with Crippen LogP contribution in [0.2, 0.25) is 0 Å². The minimum Gasteiger partial charge on any atom is -0.478 e. The fourth-order valence-corrected chi connectivity index (χ4v) is 1.51. The molecule has 0 aliphatic heterocycles. The Morgan fingerprint density at radius 1 is 1.29 bits per heavy atom. The number of hydrogen-bond donors (Lipinski definition) is 3. The van der Waals surface area contributed by atoms with E-state index in [0.29, 0.717) is 19.3 Å². The molecule has 80 valence electrons. The van der Waals surface area contributed by atoms with Crippen LogP contribution in [0.25, 0.3) is 0 Å². The predicted octanol–water partition coefficient (Wildman–Crippen LogP) is 0.385. The van der Waals surface area contributed by atoms with Crippen molar-refractivity contribution in [2.45, 2.75) is 25.3 Å². The van der Waals surface area contributed by atoms with Crippen molar-refractivity contribution in [3.63, 3.8) is 0 Å². The van der Waals surface area contributed by atoms with Crippen LogP contribution >= 0.6 is 12.4 Å². The number of carboxylic acid groups (broad SMARTS) is 2. The lowest BCUT2D eigenvalue weighted by Crippen LogP contribution is -2.33. The zero-order chi connectivity index (χ0) is 10.0. The molecule has 0 heterocycles. The minimum atomic E-state index is -1.22. The molecule has 0 bridgehead atoms. The molecule has 0 saturated heterocycles. The van der Waals surface area contributed by atoms with Gasteiger partial charge in [0.2, 0.25) is 0 Å². The summed E-state index contributed by atoms with van der Waals surface area (Å²) in [6, 6.07) is -0.641. The van der Waals surface area contributed by atoms with E-state index in [4.69, 9.17) is 15.9 Å². The number of carboxylic acids is 2. The van der Waals surface area contributed by atoms with E-state index in [-0.39, 0.29) is 23.6 Å². The van der Waals surface area contributed by atoms with Crippen molar-refractivity contribution < 1.29 is 19.8 Å². The van der Waals surface area contributed by atoms with Crippen LogP contribution < -0.4 is 5.73 Å². The summed E-state index contributed by atoms with van der Waals surface area (Å²) >= 11 is 0. The number of carbonyl (C=O) groups is 2. The molecule has 0 radical (unpaired) electrons. The van der Waals surface area contributed by atoms with Gasteiger partial charge in [-0.25, -0.2) is 9.59 Å². The number of halogens is 1. The van der Waals surface area contributed by atoms with Crippen molar-refractivity contribution in [1.82, 2.24) is 0 Å². The summed E-state index contributed by atoms with van der Waals surface area (Å²) in [6.45, 7) is 0. The molecule has 5 nitrogen and oxygen atoms in total. The molecule has 0 fully saturated rings. The van der Waals surface area contributed by atoms with Crippen LogP contribution in [0.5, 0.6) is 0 Å². The average Bonchev–Trinajstić information content (AvgIpc) is 2.02. The maximum Gasteiger partial charge on any atom is 0.333 e. The SMILES string of the molecule is Cl.NC1CCCC(C(=O)O)=C1C(=O)O. The highest BCUT2D eigenvalue weighted by molar-refractivity contribution is 6.00. The summed E-state index contributed by atoms with van der Waals surface area (Å²) in [7, 11) is 0. The van der Waals surface area contributed by atoms with E-state index >= 15 is 0 Å². The van der Waals surface area contributed by atoms with Crippen LogP contribution in [0.3, 0.4) is 0 Å². The molecule has 0 aromatic rings. The van der Waals surface area contributed by atoms with Crippen molar-refractivity contribution in [3.05, 3.63) is 11.1 Å². The molecule has 1 aliphatic rings. The van der Waals surface area contributed by atoms with Gasteiger partial charge in [0.25, 0.3) is 0 Å². The minimum absolute atomic E-state index is 0. The van der Waals surface area contributed by atoms with Crippen LogP contribution in [-0.2, 0) is 9.59 Å². The Labute approximate surface area is 87.0 Å². The highest BCUT2D eigenvalue weighted by Gasteiger charge is 2.28. The first kappa shape index (κ1) is 12.9. The number of aliphatic carboxylic acids is 2. The van der Waals surface area contributed by atoms with E-state index in [1.54, 1.807) is 0 Å². The molecule has 1 aliphatic carbocycles. The van der Waals surface area contributed by atoms with E-state index in [1.807, 2.05) is 0 Å². The molecule has 1 rings (SSSR count). The van der Waals surface area contributed by atoms with Gasteiger partial charge < -0.3 is 15.9 Å². The number of hydrogen-bond acceptors (Lipinski definition) is 3. The van der Waals surface area contributed by atoms with Crippen molar-refractivity contribution in [2.24, 2.45) is 5.73 Å². The highest BCUT2D eigenvalue weighted by atomic mass is 35.5. The van der Waals surface area contributed by atoms with Crippen LogP contribution in [-0.4, -0.2) is 28.2 Å². The second-order valence-electron chi connectivity index (χ2n) is 3.00. The van der Waals surface area contributed by atoms with Gasteiger partial charge >= 0.3 is 11.9 Å². The topological polar surface area (TPSA) is 101 Å². The van der Waals surface area contributed by atoms with E-state index in [1.165, 1.54) is 0 Å². The van der Waals surface area contributed by atoms with Gasteiger partial charge in [0.05, 0.1) is 5.57 Å². The molecule has 0 amide bonds. The Hall–Kier alpha value is -1.07. The van der Waals surface area contributed by atoms with Crippen molar-refractivity contribution in [3.8, 4) is 0 Å². The first-order valence-electron chi connectivity index (χ1n) is 3.99. The quantitative estimate of drug-likeness (QED) is 0.626. The average molecular weight is 222 g/mol. The van der Waals surface area contributed by atoms with Gasteiger partial charge in [-0.2, -0.15) is 0 Å². The largest absolute Gasteiger partial charge is 0.478 e. The third-order valence-corrected chi connectivity index (χ3v) is 2.13. The molecule has 0 aromatic carbocycles. The maximum atomic E-state index is 10.7. The van der Waals surface area contributed by atoms with Gasteiger partial charge in [-0.15, -0.1) is 12.4 Å². The van der Waals surface area contributed by atoms with E-state index < -0.39 is 18.0 Å². The lowest BCUT2D eigenvalue weighted by molar-refractivity contribution is -0.136. The lowest BCUT2D eigenvalue weighted by Gasteiger charge is -2.20. The van der Waals surface area contributed by atoms with Crippen LogP contribution in [0.15, 0.2) is 11.1 Å². The predicted molar refractivity (Wildman–Crippen MR) is 51.4 cm³/mol. The zero-order valence-corrected chi connectivity index (χ0v) is 8.21. The standard InChI is InChI=1S/C8H11NO4.ClH/c9-5-3-1-2-4(7(10)11)6(5)8(12)13;/h5H,1-3,9H2,(H,10,11)(H,12,13);1H. The summed E-state index contributed by atoms with van der Waals surface area (Å²) in [5.41, 5.74) is 5.32.